The lowest BCUT2D eigenvalue weighted by atomic mass is 9.94. The summed E-state index contributed by atoms with van der Waals surface area (Å²) < 4.78 is 25.0. The average Bonchev–Trinajstić information content (AvgIpc) is 2.42. The van der Waals surface area contributed by atoms with E-state index in [1.165, 1.54) is 6.42 Å². The Labute approximate surface area is 133 Å². The fourth-order valence-electron chi connectivity index (χ4n) is 2.79. The van der Waals surface area contributed by atoms with Crippen LogP contribution in [0.25, 0.3) is 0 Å². The molecule has 0 aliphatic heterocycles. The molecule has 0 saturated heterocycles. The van der Waals surface area contributed by atoms with E-state index in [-0.39, 0.29) is 11.9 Å². The molecule has 1 aliphatic carbocycles. The number of amides is 1. The molecule has 1 saturated carbocycles. The summed E-state index contributed by atoms with van der Waals surface area (Å²) in [5.74, 6) is 1.85. The fourth-order valence-corrected chi connectivity index (χ4v) is 4.15. The molecule has 1 N–H and O–H groups in total. The third-order valence-corrected chi connectivity index (χ3v) is 5.40. The van der Waals surface area contributed by atoms with Gasteiger partial charge in [0.1, 0.15) is 0 Å². The topological polar surface area (TPSA) is 66.5 Å². The molecule has 0 aromatic heterocycles. The minimum Gasteiger partial charge on any atom is -0.338 e. The molecule has 7 heteroatoms. The second-order valence-corrected chi connectivity index (χ2v) is 8.81. The van der Waals surface area contributed by atoms with Gasteiger partial charge in [0.2, 0.25) is 15.9 Å². The molecule has 0 unspecified atom stereocenters. The molecule has 0 aromatic carbocycles. The predicted molar refractivity (Wildman–Crippen MR) is 89.0 cm³/mol. The molecular formula is C14H28N2O3S2. The number of nitrogens with one attached hydrogen (secondary N) is 1. The van der Waals surface area contributed by atoms with Crippen LogP contribution in [0.1, 0.15) is 46.0 Å². The van der Waals surface area contributed by atoms with E-state index in [9.17, 15) is 13.2 Å². The molecule has 0 heterocycles. The molecule has 1 aliphatic rings. The minimum absolute atomic E-state index is 0.0935. The second kappa shape index (κ2) is 9.00. The number of sulfonamides is 1. The van der Waals surface area contributed by atoms with Crippen LogP contribution in [0, 0.1) is 0 Å². The molecule has 124 valence electrons. The van der Waals surface area contributed by atoms with Crippen molar-refractivity contribution >= 4 is 27.7 Å². The zero-order chi connectivity index (χ0) is 15.9. The van der Waals surface area contributed by atoms with Crippen LogP contribution in [0.5, 0.6) is 0 Å². The molecule has 0 radical (unpaired) electrons. The van der Waals surface area contributed by atoms with Crippen LogP contribution >= 0.6 is 11.8 Å². The maximum absolute atomic E-state index is 12.6. The number of nitrogens with zero attached hydrogens (tertiary/aromatic N) is 1. The third-order valence-electron chi connectivity index (χ3n) is 3.74. The molecule has 1 rings (SSSR count). The van der Waals surface area contributed by atoms with Crippen molar-refractivity contribution < 1.29 is 13.2 Å². The number of thioether (sulfide) groups is 1. The lowest BCUT2D eigenvalue weighted by Gasteiger charge is -2.36. The van der Waals surface area contributed by atoms with E-state index < -0.39 is 16.1 Å². The SMILES string of the molecule is CCSCCN(C(=O)[C@H](C)NS(C)(=O)=O)C1CCCCC1. The highest BCUT2D eigenvalue weighted by Crippen LogP contribution is 2.23. The van der Waals surface area contributed by atoms with Crippen LogP contribution in [0.15, 0.2) is 0 Å². The van der Waals surface area contributed by atoms with Gasteiger partial charge in [0, 0.05) is 18.3 Å². The second-order valence-electron chi connectivity index (χ2n) is 5.63. The Kier molecular flexibility index (Phi) is 8.05. The molecule has 0 bridgehead atoms. The Morgan fingerprint density at radius 3 is 2.48 bits per heavy atom. The van der Waals surface area contributed by atoms with Gasteiger partial charge in [0.15, 0.2) is 0 Å². The average molecular weight is 337 g/mol. The molecule has 1 atom stereocenters. The largest absolute Gasteiger partial charge is 0.338 e. The van der Waals surface area contributed by atoms with Crippen molar-refractivity contribution in [3.05, 3.63) is 0 Å². The lowest BCUT2D eigenvalue weighted by molar-refractivity contribution is -0.135. The van der Waals surface area contributed by atoms with E-state index in [0.29, 0.717) is 6.54 Å². The van der Waals surface area contributed by atoms with Crippen molar-refractivity contribution in [2.45, 2.75) is 58.0 Å². The van der Waals surface area contributed by atoms with Crippen LogP contribution in [0.4, 0.5) is 0 Å². The Morgan fingerprint density at radius 1 is 1.33 bits per heavy atom. The Morgan fingerprint density at radius 2 is 1.95 bits per heavy atom. The fraction of sp³-hybridized carbons (Fsp3) is 0.929. The van der Waals surface area contributed by atoms with Gasteiger partial charge < -0.3 is 4.90 Å². The zero-order valence-electron chi connectivity index (χ0n) is 13.3. The Balaban J connectivity index is 2.70. The number of carbonyl (C=O) groups excluding carboxylic acids is 1. The number of rotatable bonds is 8. The van der Waals surface area contributed by atoms with Gasteiger partial charge in [0.25, 0.3) is 0 Å². The predicted octanol–water partition coefficient (Wildman–Crippen LogP) is 1.84. The first-order chi connectivity index (χ1) is 9.85. The number of hydrogen-bond donors (Lipinski definition) is 1. The van der Waals surface area contributed by atoms with E-state index in [1.807, 2.05) is 16.7 Å². The van der Waals surface area contributed by atoms with Crippen LogP contribution < -0.4 is 4.72 Å². The number of hydrogen-bond acceptors (Lipinski definition) is 4. The third kappa shape index (κ3) is 7.02. The van der Waals surface area contributed by atoms with Gasteiger partial charge in [-0.3, -0.25) is 4.79 Å². The van der Waals surface area contributed by atoms with Gasteiger partial charge in [-0.1, -0.05) is 26.2 Å². The molecule has 0 spiro atoms. The number of carbonyl (C=O) groups is 1. The first kappa shape index (κ1) is 18.8. The van der Waals surface area contributed by atoms with Gasteiger partial charge in [-0.15, -0.1) is 0 Å². The highest BCUT2D eigenvalue weighted by atomic mass is 32.2. The van der Waals surface area contributed by atoms with Gasteiger partial charge in [0.05, 0.1) is 12.3 Å². The first-order valence-corrected chi connectivity index (χ1v) is 10.7. The minimum atomic E-state index is -3.36. The van der Waals surface area contributed by atoms with Crippen molar-refractivity contribution in [2.75, 3.05) is 24.3 Å². The van der Waals surface area contributed by atoms with Crippen molar-refractivity contribution in [1.29, 1.82) is 0 Å². The smallest absolute Gasteiger partial charge is 0.240 e. The van der Waals surface area contributed by atoms with Crippen LogP contribution in [0.3, 0.4) is 0 Å². The van der Waals surface area contributed by atoms with E-state index >= 15 is 0 Å². The lowest BCUT2D eigenvalue weighted by Crippen LogP contribution is -2.51. The van der Waals surface area contributed by atoms with E-state index in [1.54, 1.807) is 6.92 Å². The molecule has 21 heavy (non-hydrogen) atoms. The van der Waals surface area contributed by atoms with Crippen LogP contribution in [-0.2, 0) is 14.8 Å². The van der Waals surface area contributed by atoms with E-state index in [0.717, 1.165) is 43.4 Å². The molecule has 5 nitrogen and oxygen atoms in total. The quantitative estimate of drug-likeness (QED) is 0.687. The van der Waals surface area contributed by atoms with E-state index in [4.69, 9.17) is 0 Å². The van der Waals surface area contributed by atoms with Crippen LogP contribution in [0.2, 0.25) is 0 Å². The summed E-state index contributed by atoms with van der Waals surface area (Å²) >= 11 is 1.81. The van der Waals surface area contributed by atoms with Crippen molar-refractivity contribution in [3.8, 4) is 0 Å². The standard InChI is InChI=1S/C14H28N2O3S2/c1-4-20-11-10-16(13-8-6-5-7-9-13)14(17)12(2)15-21(3,18)19/h12-13,15H,4-11H2,1-3H3/t12-/m0/s1. The summed E-state index contributed by atoms with van der Waals surface area (Å²) in [7, 11) is -3.36. The maximum atomic E-state index is 12.6. The first-order valence-electron chi connectivity index (χ1n) is 7.70. The van der Waals surface area contributed by atoms with Crippen molar-refractivity contribution in [2.24, 2.45) is 0 Å². The summed E-state index contributed by atoms with van der Waals surface area (Å²) in [6, 6.07) is -0.416. The van der Waals surface area contributed by atoms with E-state index in [2.05, 4.69) is 11.6 Å². The Bertz CT molecular complexity index is 420. The summed E-state index contributed by atoms with van der Waals surface area (Å²) in [5, 5.41) is 0. The van der Waals surface area contributed by atoms with Crippen molar-refractivity contribution in [3.63, 3.8) is 0 Å². The Hall–Kier alpha value is -0.270. The zero-order valence-corrected chi connectivity index (χ0v) is 14.9. The van der Waals surface area contributed by atoms with Gasteiger partial charge in [-0.25, -0.2) is 13.1 Å². The summed E-state index contributed by atoms with van der Waals surface area (Å²) in [6.45, 7) is 4.44. The van der Waals surface area contributed by atoms with Gasteiger partial charge >= 0.3 is 0 Å². The molecular weight excluding hydrogens is 308 g/mol. The highest BCUT2D eigenvalue weighted by molar-refractivity contribution is 7.99. The monoisotopic (exact) mass is 336 g/mol. The summed E-state index contributed by atoms with van der Waals surface area (Å²) in [4.78, 5) is 14.5. The summed E-state index contributed by atoms with van der Waals surface area (Å²) in [6.07, 6.45) is 6.71. The van der Waals surface area contributed by atoms with Crippen LogP contribution in [-0.4, -0.2) is 55.6 Å². The molecule has 0 aromatic rings. The molecule has 1 fully saturated rings. The van der Waals surface area contributed by atoms with Gasteiger partial charge in [-0.05, 0) is 25.5 Å². The normalized spacial score (nSPS) is 18.4. The van der Waals surface area contributed by atoms with Crippen molar-refractivity contribution in [1.82, 2.24) is 9.62 Å². The molecule has 1 amide bonds. The highest BCUT2D eigenvalue weighted by Gasteiger charge is 2.29. The maximum Gasteiger partial charge on any atom is 0.240 e. The summed E-state index contributed by atoms with van der Waals surface area (Å²) in [5.41, 5.74) is 0. The van der Waals surface area contributed by atoms with Gasteiger partial charge in [-0.2, -0.15) is 11.8 Å².